The molecule has 1 saturated heterocycles. The SMILES string of the molecule is COc1nc(-c2cccc(-c3cccc(-c4cc5c(=O)n(C)c(CNC6CCC(O)CC6)nn5c4)c3Cl)c2Cl)ccc1CNC[C@H]1CCC(=O)N1. The molecule has 4 N–H and O–H groups in total. The average molecular weight is 731 g/mol. The summed E-state index contributed by atoms with van der Waals surface area (Å²) < 4.78 is 8.86. The summed E-state index contributed by atoms with van der Waals surface area (Å²) in [7, 11) is 3.33. The molecule has 11 nitrogen and oxygen atoms in total. The number of aliphatic hydroxyl groups is 1. The third kappa shape index (κ3) is 7.40. The molecule has 1 saturated carbocycles. The average Bonchev–Trinajstić information content (AvgIpc) is 3.76. The first-order valence-electron chi connectivity index (χ1n) is 17.3. The van der Waals surface area contributed by atoms with Gasteiger partial charge in [-0.1, -0.05) is 65.7 Å². The van der Waals surface area contributed by atoms with Gasteiger partial charge in [0, 0.05) is 78.2 Å². The number of carbonyl (C=O) groups is 1. The van der Waals surface area contributed by atoms with Crippen LogP contribution in [0, 0.1) is 0 Å². The highest BCUT2D eigenvalue weighted by Gasteiger charge is 2.22. The Morgan fingerprint density at radius 2 is 1.65 bits per heavy atom. The molecule has 2 aromatic carbocycles. The number of aromatic nitrogens is 4. The summed E-state index contributed by atoms with van der Waals surface area (Å²) in [4.78, 5) is 29.7. The molecule has 13 heteroatoms. The zero-order valence-electron chi connectivity index (χ0n) is 28.6. The van der Waals surface area contributed by atoms with Crippen molar-refractivity contribution in [1.29, 1.82) is 0 Å². The number of hydrogen-bond acceptors (Lipinski definition) is 8. The first kappa shape index (κ1) is 35.2. The zero-order valence-corrected chi connectivity index (χ0v) is 30.1. The van der Waals surface area contributed by atoms with Gasteiger partial charge >= 0.3 is 0 Å². The molecule has 1 aliphatic carbocycles. The Labute approximate surface area is 306 Å². The van der Waals surface area contributed by atoms with Crippen LogP contribution in [0.2, 0.25) is 10.0 Å². The van der Waals surface area contributed by atoms with Crippen molar-refractivity contribution in [3.8, 4) is 39.4 Å². The van der Waals surface area contributed by atoms with Gasteiger partial charge in [0.15, 0.2) is 0 Å². The van der Waals surface area contributed by atoms with E-state index in [9.17, 15) is 14.7 Å². The number of amides is 1. The highest BCUT2D eigenvalue weighted by Crippen LogP contribution is 2.42. The number of halogens is 2. The maximum absolute atomic E-state index is 13.4. The van der Waals surface area contributed by atoms with Gasteiger partial charge < -0.3 is 25.8 Å². The number of fused-ring (bicyclic) bond motifs is 1. The van der Waals surface area contributed by atoms with Crippen molar-refractivity contribution < 1.29 is 14.6 Å². The van der Waals surface area contributed by atoms with Crippen LogP contribution in [0.3, 0.4) is 0 Å². The van der Waals surface area contributed by atoms with E-state index in [2.05, 4.69) is 16.0 Å². The van der Waals surface area contributed by atoms with Gasteiger partial charge in [0.05, 0.1) is 35.5 Å². The van der Waals surface area contributed by atoms with Crippen molar-refractivity contribution in [2.24, 2.45) is 7.05 Å². The second kappa shape index (κ2) is 15.1. The number of nitrogens with one attached hydrogen (secondary N) is 3. The fourth-order valence-electron chi connectivity index (χ4n) is 7.03. The lowest BCUT2D eigenvalue weighted by Crippen LogP contribution is -2.36. The molecule has 0 spiro atoms. The number of hydrogen-bond donors (Lipinski definition) is 4. The number of aliphatic hydroxyl groups excluding tert-OH is 1. The quantitative estimate of drug-likeness (QED) is 0.140. The molecule has 266 valence electrons. The molecule has 1 amide bonds. The monoisotopic (exact) mass is 729 g/mol. The molecule has 3 aromatic heterocycles. The van der Waals surface area contributed by atoms with Crippen molar-refractivity contribution >= 4 is 34.6 Å². The van der Waals surface area contributed by atoms with Crippen LogP contribution in [0.5, 0.6) is 5.88 Å². The lowest BCUT2D eigenvalue weighted by atomic mass is 9.93. The summed E-state index contributed by atoms with van der Waals surface area (Å²) in [6, 6.07) is 17.6. The fourth-order valence-corrected chi connectivity index (χ4v) is 7.70. The second-order valence-corrected chi connectivity index (χ2v) is 14.1. The molecule has 2 fully saturated rings. The number of rotatable bonds is 11. The summed E-state index contributed by atoms with van der Waals surface area (Å²) in [6.45, 7) is 1.66. The Balaban J connectivity index is 1.13. The van der Waals surface area contributed by atoms with E-state index in [1.807, 2.05) is 60.8 Å². The minimum Gasteiger partial charge on any atom is -0.481 e. The van der Waals surface area contributed by atoms with Gasteiger partial charge in [-0.15, -0.1) is 0 Å². The van der Waals surface area contributed by atoms with E-state index in [0.29, 0.717) is 59.0 Å². The van der Waals surface area contributed by atoms with Crippen LogP contribution in [-0.4, -0.2) is 62.0 Å². The maximum Gasteiger partial charge on any atom is 0.277 e. The van der Waals surface area contributed by atoms with Gasteiger partial charge in [0.2, 0.25) is 11.8 Å². The van der Waals surface area contributed by atoms with Crippen LogP contribution in [0.25, 0.3) is 39.0 Å². The van der Waals surface area contributed by atoms with E-state index in [1.165, 1.54) is 0 Å². The van der Waals surface area contributed by atoms with Crippen molar-refractivity contribution in [3.63, 3.8) is 0 Å². The van der Waals surface area contributed by atoms with E-state index >= 15 is 0 Å². The largest absolute Gasteiger partial charge is 0.481 e. The minimum atomic E-state index is -0.225. The molecule has 0 radical (unpaired) electrons. The molecule has 1 aliphatic heterocycles. The van der Waals surface area contributed by atoms with Crippen LogP contribution in [0.4, 0.5) is 0 Å². The summed E-state index contributed by atoms with van der Waals surface area (Å²) in [5.41, 5.74) is 5.57. The van der Waals surface area contributed by atoms with Crippen LogP contribution >= 0.6 is 23.2 Å². The highest BCUT2D eigenvalue weighted by atomic mass is 35.5. The van der Waals surface area contributed by atoms with E-state index < -0.39 is 0 Å². The topological polar surface area (TPSA) is 135 Å². The Hall–Kier alpha value is -4.26. The van der Waals surface area contributed by atoms with E-state index in [0.717, 1.165) is 65.5 Å². The number of methoxy groups -OCH3 is 1. The Morgan fingerprint density at radius 1 is 0.941 bits per heavy atom. The van der Waals surface area contributed by atoms with Gasteiger partial charge in [-0.05, 0) is 44.2 Å². The number of ether oxygens (including phenoxy) is 1. The Bertz CT molecular complexity index is 2140. The lowest BCUT2D eigenvalue weighted by molar-refractivity contribution is -0.119. The molecule has 4 heterocycles. The van der Waals surface area contributed by atoms with Crippen molar-refractivity contribution in [1.82, 2.24) is 35.1 Å². The van der Waals surface area contributed by atoms with Gasteiger partial charge in [-0.2, -0.15) is 5.10 Å². The van der Waals surface area contributed by atoms with Gasteiger partial charge in [0.25, 0.3) is 5.56 Å². The first-order valence-corrected chi connectivity index (χ1v) is 18.1. The Kier molecular flexibility index (Phi) is 10.4. The minimum absolute atomic E-state index is 0.0937. The highest BCUT2D eigenvalue weighted by molar-refractivity contribution is 6.39. The first-order chi connectivity index (χ1) is 24.7. The van der Waals surface area contributed by atoms with Gasteiger partial charge in [-0.25, -0.2) is 9.50 Å². The van der Waals surface area contributed by atoms with Crippen LogP contribution in [-0.2, 0) is 24.9 Å². The molecule has 0 bridgehead atoms. The summed E-state index contributed by atoms with van der Waals surface area (Å²) >= 11 is 14.2. The van der Waals surface area contributed by atoms with Gasteiger partial charge in [-0.3, -0.25) is 14.2 Å². The van der Waals surface area contributed by atoms with Crippen molar-refractivity contribution in [3.05, 3.63) is 92.6 Å². The molecule has 1 atom stereocenters. The third-order valence-electron chi connectivity index (χ3n) is 9.98. The number of benzene rings is 2. The molecule has 7 rings (SSSR count). The maximum atomic E-state index is 13.4. The third-order valence-corrected chi connectivity index (χ3v) is 10.8. The van der Waals surface area contributed by atoms with E-state index in [4.69, 9.17) is 38.0 Å². The fraction of sp³-hybridized carbons (Fsp3) is 0.368. The summed E-state index contributed by atoms with van der Waals surface area (Å²) in [5, 5.41) is 25.5. The van der Waals surface area contributed by atoms with E-state index in [1.54, 1.807) is 23.2 Å². The predicted octanol–water partition coefficient (Wildman–Crippen LogP) is 5.51. The predicted molar refractivity (Wildman–Crippen MR) is 199 cm³/mol. The smallest absolute Gasteiger partial charge is 0.277 e. The molecule has 5 aromatic rings. The van der Waals surface area contributed by atoms with Crippen molar-refractivity contribution in [2.75, 3.05) is 13.7 Å². The summed E-state index contributed by atoms with van der Waals surface area (Å²) in [6.07, 6.45) is 6.35. The second-order valence-electron chi connectivity index (χ2n) is 13.4. The number of carbonyl (C=O) groups excluding carboxylic acids is 1. The van der Waals surface area contributed by atoms with Crippen molar-refractivity contribution in [2.45, 2.75) is 69.8 Å². The van der Waals surface area contributed by atoms with E-state index in [-0.39, 0.29) is 29.7 Å². The molecule has 51 heavy (non-hydrogen) atoms. The molecule has 2 aliphatic rings. The van der Waals surface area contributed by atoms with Crippen LogP contribution in [0.1, 0.15) is 49.9 Å². The number of pyridine rings is 1. The zero-order chi connectivity index (χ0) is 35.6. The molecular weight excluding hydrogens is 689 g/mol. The normalized spacial score (nSPS) is 19.1. The van der Waals surface area contributed by atoms with Crippen LogP contribution < -0.4 is 26.2 Å². The summed E-state index contributed by atoms with van der Waals surface area (Å²) in [5.74, 6) is 1.21. The standard InChI is InChI=1S/C38H41Cl2N7O4/c1-46-33(20-42-24-10-13-26(48)14-11-24)45-47-21-23(17-32(47)38(46)50)27-5-3-6-28(35(27)39)29-7-4-8-30(36(29)40)31-15-9-22(37(44-31)51-2)18-41-19-25-12-16-34(49)43-25/h3-9,15,17,21,24-26,41-42,48H,10-14,16,18-20H2,1-2H3,(H,43,49)/t24?,25-,26?/m1/s1. The van der Waals surface area contributed by atoms with Crippen LogP contribution in [0.15, 0.2) is 65.6 Å². The molecular formula is C38H41Cl2N7O4. The Morgan fingerprint density at radius 3 is 2.35 bits per heavy atom. The van der Waals surface area contributed by atoms with Gasteiger partial charge in [0.1, 0.15) is 11.3 Å². The molecule has 0 unspecified atom stereocenters. The lowest BCUT2D eigenvalue weighted by Gasteiger charge is -2.26. The number of nitrogens with zero attached hydrogens (tertiary/aromatic N) is 4.